The largest absolute Gasteiger partial charge is 0.478 e. The van der Waals surface area contributed by atoms with Crippen LogP contribution in [0.5, 0.6) is 0 Å². The van der Waals surface area contributed by atoms with Crippen molar-refractivity contribution < 1.29 is 19.5 Å². The number of hydrogen-bond acceptors (Lipinski definition) is 3. The number of carboxylic acid groups (broad SMARTS) is 1. The molecule has 0 bridgehead atoms. The molecule has 7 heteroatoms. The number of carbonyl (C=O) groups excluding carboxylic acids is 2. The zero-order chi connectivity index (χ0) is 17.7. The van der Waals surface area contributed by atoms with Crippen LogP contribution in [0, 0.1) is 0 Å². The van der Waals surface area contributed by atoms with Gasteiger partial charge in [-0.1, -0.05) is 29.8 Å². The van der Waals surface area contributed by atoms with Gasteiger partial charge in [0.25, 0.3) is 5.91 Å². The maximum absolute atomic E-state index is 12.2. The van der Waals surface area contributed by atoms with Crippen LogP contribution < -0.4 is 10.6 Å². The minimum Gasteiger partial charge on any atom is -0.478 e. The quantitative estimate of drug-likeness (QED) is 0.775. The molecule has 24 heavy (non-hydrogen) atoms. The fraction of sp³-hybridized carbons (Fsp3) is 0.118. The summed E-state index contributed by atoms with van der Waals surface area (Å²) < 4.78 is 0. The number of nitrogens with one attached hydrogen (secondary N) is 2. The number of rotatable bonds is 5. The number of hydrogen-bond donors (Lipinski definition) is 3. The van der Waals surface area contributed by atoms with E-state index < -0.39 is 11.9 Å². The first-order valence-corrected chi connectivity index (χ1v) is 7.43. The van der Waals surface area contributed by atoms with Crippen molar-refractivity contribution in [3.8, 4) is 0 Å². The van der Waals surface area contributed by atoms with Crippen LogP contribution in [0.15, 0.2) is 42.5 Å². The second-order valence-corrected chi connectivity index (χ2v) is 5.37. The molecule has 2 aromatic carbocycles. The van der Waals surface area contributed by atoms with Gasteiger partial charge in [-0.15, -0.1) is 0 Å². The van der Waals surface area contributed by atoms with Gasteiger partial charge in [0.15, 0.2) is 0 Å². The Morgan fingerprint density at radius 3 is 2.46 bits per heavy atom. The molecule has 0 saturated heterocycles. The Labute approximate surface area is 143 Å². The summed E-state index contributed by atoms with van der Waals surface area (Å²) in [7, 11) is 1.48. The molecule has 0 radical (unpaired) electrons. The number of halogens is 1. The molecule has 2 aromatic rings. The number of carboxylic acids is 1. The van der Waals surface area contributed by atoms with Gasteiger partial charge in [0, 0.05) is 12.7 Å². The average Bonchev–Trinajstić information content (AvgIpc) is 2.56. The lowest BCUT2D eigenvalue weighted by Crippen LogP contribution is -2.20. The highest BCUT2D eigenvalue weighted by molar-refractivity contribution is 6.34. The highest BCUT2D eigenvalue weighted by atomic mass is 35.5. The molecule has 0 atom stereocenters. The van der Waals surface area contributed by atoms with Gasteiger partial charge in [-0.25, -0.2) is 4.79 Å². The Balaban J connectivity index is 2.16. The van der Waals surface area contributed by atoms with Crippen LogP contribution in [0.25, 0.3) is 0 Å². The fourth-order valence-electron chi connectivity index (χ4n) is 2.17. The molecule has 2 rings (SSSR count). The molecule has 2 amide bonds. The Bertz CT molecular complexity index is 805. The topological polar surface area (TPSA) is 95.5 Å². The number of benzene rings is 2. The van der Waals surface area contributed by atoms with Crippen molar-refractivity contribution in [1.82, 2.24) is 5.32 Å². The van der Waals surface area contributed by atoms with Gasteiger partial charge in [0.1, 0.15) is 0 Å². The van der Waals surface area contributed by atoms with E-state index in [1.807, 2.05) is 0 Å². The van der Waals surface area contributed by atoms with Crippen molar-refractivity contribution in [2.24, 2.45) is 0 Å². The molecular weight excluding hydrogens is 332 g/mol. The van der Waals surface area contributed by atoms with Gasteiger partial charge in [-0.2, -0.15) is 0 Å². The zero-order valence-electron chi connectivity index (χ0n) is 12.8. The summed E-state index contributed by atoms with van der Waals surface area (Å²) >= 11 is 5.95. The van der Waals surface area contributed by atoms with E-state index >= 15 is 0 Å². The van der Waals surface area contributed by atoms with Gasteiger partial charge in [-0.3, -0.25) is 9.59 Å². The molecule has 0 saturated carbocycles. The predicted octanol–water partition coefficient (Wildman–Crippen LogP) is 2.58. The third kappa shape index (κ3) is 4.11. The van der Waals surface area contributed by atoms with Gasteiger partial charge < -0.3 is 15.7 Å². The first-order chi connectivity index (χ1) is 11.4. The van der Waals surface area contributed by atoms with E-state index in [1.54, 1.807) is 24.3 Å². The molecule has 0 aliphatic carbocycles. The van der Waals surface area contributed by atoms with Crippen molar-refractivity contribution in [2.45, 2.75) is 6.42 Å². The Morgan fingerprint density at radius 1 is 1.08 bits per heavy atom. The second-order valence-electron chi connectivity index (χ2n) is 4.96. The van der Waals surface area contributed by atoms with Crippen LogP contribution in [0.2, 0.25) is 5.02 Å². The first-order valence-electron chi connectivity index (χ1n) is 7.05. The second kappa shape index (κ2) is 7.61. The van der Waals surface area contributed by atoms with Crippen molar-refractivity contribution >= 4 is 35.1 Å². The zero-order valence-corrected chi connectivity index (χ0v) is 13.6. The molecule has 124 valence electrons. The van der Waals surface area contributed by atoms with Gasteiger partial charge in [-0.05, 0) is 29.8 Å². The van der Waals surface area contributed by atoms with E-state index in [2.05, 4.69) is 10.6 Å². The first kappa shape index (κ1) is 17.5. The molecule has 0 heterocycles. The van der Waals surface area contributed by atoms with E-state index in [0.29, 0.717) is 11.3 Å². The van der Waals surface area contributed by atoms with Crippen molar-refractivity contribution in [3.05, 3.63) is 64.2 Å². The van der Waals surface area contributed by atoms with Crippen LogP contribution in [0.1, 0.15) is 26.3 Å². The van der Waals surface area contributed by atoms with Crippen LogP contribution in [0.3, 0.4) is 0 Å². The summed E-state index contributed by atoms with van der Waals surface area (Å²) in [6, 6.07) is 10.8. The van der Waals surface area contributed by atoms with Crippen LogP contribution in [0.4, 0.5) is 5.69 Å². The Hall–Kier alpha value is -2.86. The summed E-state index contributed by atoms with van der Waals surface area (Å²) in [6.45, 7) is 0. The molecular formula is C17H15ClN2O4. The molecule has 0 aliphatic heterocycles. The van der Waals surface area contributed by atoms with Gasteiger partial charge in [0.05, 0.1) is 22.6 Å². The Kier molecular flexibility index (Phi) is 5.55. The molecule has 0 aromatic heterocycles. The summed E-state index contributed by atoms with van der Waals surface area (Å²) in [4.78, 5) is 35.0. The number of aromatic carboxylic acids is 1. The predicted molar refractivity (Wildman–Crippen MR) is 90.6 cm³/mol. The number of carbonyl (C=O) groups is 3. The van der Waals surface area contributed by atoms with Crippen molar-refractivity contribution in [2.75, 3.05) is 12.4 Å². The van der Waals surface area contributed by atoms with Gasteiger partial charge in [0.2, 0.25) is 5.91 Å². The monoisotopic (exact) mass is 346 g/mol. The standard InChI is InChI=1S/C17H15ClN2O4/c1-19-16(22)13-9-11(6-7-14(13)18)20-15(21)8-10-4-2-3-5-12(10)17(23)24/h2-7,9H,8H2,1H3,(H,19,22)(H,20,21)(H,23,24). The normalized spacial score (nSPS) is 10.1. The number of amides is 2. The third-order valence-corrected chi connectivity index (χ3v) is 3.65. The molecule has 0 unspecified atom stereocenters. The molecule has 0 spiro atoms. The molecule has 6 nitrogen and oxygen atoms in total. The molecule has 0 aliphatic rings. The minimum atomic E-state index is -1.09. The minimum absolute atomic E-state index is 0.0785. The maximum Gasteiger partial charge on any atom is 0.335 e. The lowest BCUT2D eigenvalue weighted by molar-refractivity contribution is -0.115. The highest BCUT2D eigenvalue weighted by Crippen LogP contribution is 2.21. The van der Waals surface area contributed by atoms with E-state index in [1.165, 1.54) is 25.2 Å². The summed E-state index contributed by atoms with van der Waals surface area (Å²) in [5, 5.41) is 14.5. The molecule has 3 N–H and O–H groups in total. The SMILES string of the molecule is CNC(=O)c1cc(NC(=O)Cc2ccccc2C(=O)O)ccc1Cl. The van der Waals surface area contributed by atoms with Crippen LogP contribution >= 0.6 is 11.6 Å². The fourth-order valence-corrected chi connectivity index (χ4v) is 2.38. The molecule has 0 fully saturated rings. The lowest BCUT2D eigenvalue weighted by atomic mass is 10.0. The van der Waals surface area contributed by atoms with Crippen LogP contribution in [-0.2, 0) is 11.2 Å². The van der Waals surface area contributed by atoms with Crippen LogP contribution in [-0.4, -0.2) is 29.9 Å². The lowest BCUT2D eigenvalue weighted by Gasteiger charge is -2.10. The Morgan fingerprint density at radius 2 is 1.79 bits per heavy atom. The van der Waals surface area contributed by atoms with E-state index in [0.717, 1.165) is 0 Å². The highest BCUT2D eigenvalue weighted by Gasteiger charge is 2.14. The average molecular weight is 347 g/mol. The summed E-state index contributed by atoms with van der Waals surface area (Å²) in [5.41, 5.74) is 1.12. The van der Waals surface area contributed by atoms with Gasteiger partial charge >= 0.3 is 5.97 Å². The van der Waals surface area contributed by atoms with Crippen molar-refractivity contribution in [3.63, 3.8) is 0 Å². The smallest absolute Gasteiger partial charge is 0.335 e. The van der Waals surface area contributed by atoms with E-state index in [9.17, 15) is 14.4 Å². The summed E-state index contributed by atoms with van der Waals surface area (Å²) in [5.74, 6) is -1.85. The van der Waals surface area contributed by atoms with E-state index in [4.69, 9.17) is 16.7 Å². The number of anilines is 1. The maximum atomic E-state index is 12.2. The summed E-state index contributed by atoms with van der Waals surface area (Å²) in [6.07, 6.45) is -0.0968. The third-order valence-electron chi connectivity index (χ3n) is 3.32. The van der Waals surface area contributed by atoms with E-state index in [-0.39, 0.29) is 28.5 Å². The van der Waals surface area contributed by atoms with Crippen molar-refractivity contribution in [1.29, 1.82) is 0 Å².